The number of anilines is 1. The van der Waals surface area contributed by atoms with Crippen molar-refractivity contribution in [3.05, 3.63) is 23.8 Å². The van der Waals surface area contributed by atoms with Crippen LogP contribution in [-0.4, -0.2) is 12.6 Å². The number of benzene rings is 1. The summed E-state index contributed by atoms with van der Waals surface area (Å²) in [5.74, 6) is 1.60. The Kier molecular flexibility index (Phi) is 2.83. The molecule has 2 rings (SSSR count). The molecule has 1 aromatic rings. The first-order chi connectivity index (χ1) is 7.59. The first-order valence-electron chi connectivity index (χ1n) is 6.04. The largest absolute Gasteiger partial charge is 0.497 e. The van der Waals surface area contributed by atoms with Crippen molar-refractivity contribution in [1.82, 2.24) is 0 Å². The van der Waals surface area contributed by atoms with Gasteiger partial charge in [-0.1, -0.05) is 13.8 Å². The molecule has 0 spiro atoms. The van der Waals surface area contributed by atoms with Crippen molar-refractivity contribution in [3.63, 3.8) is 0 Å². The number of hydrogen-bond acceptors (Lipinski definition) is 2. The van der Waals surface area contributed by atoms with Crippen LogP contribution >= 0.6 is 0 Å². The van der Waals surface area contributed by atoms with E-state index in [2.05, 4.69) is 38.2 Å². The molecule has 0 aromatic heterocycles. The molecule has 0 aliphatic carbocycles. The molecule has 2 unspecified atom stereocenters. The molecule has 0 amide bonds. The summed E-state index contributed by atoms with van der Waals surface area (Å²) in [5, 5.41) is 3.67. The zero-order chi connectivity index (χ0) is 11.8. The molecule has 0 bridgehead atoms. The quantitative estimate of drug-likeness (QED) is 0.822. The van der Waals surface area contributed by atoms with Gasteiger partial charge in [0.15, 0.2) is 0 Å². The van der Waals surface area contributed by atoms with Crippen molar-refractivity contribution in [2.24, 2.45) is 5.92 Å². The lowest BCUT2D eigenvalue weighted by Crippen LogP contribution is -2.45. The Morgan fingerprint density at radius 3 is 2.88 bits per heavy atom. The van der Waals surface area contributed by atoms with Crippen LogP contribution in [0.3, 0.4) is 0 Å². The van der Waals surface area contributed by atoms with Crippen molar-refractivity contribution < 1.29 is 4.74 Å². The fraction of sp³-hybridized carbons (Fsp3) is 0.571. The third kappa shape index (κ3) is 1.77. The molecule has 1 aliphatic heterocycles. The molecule has 0 fully saturated rings. The van der Waals surface area contributed by atoms with Gasteiger partial charge >= 0.3 is 0 Å². The van der Waals surface area contributed by atoms with E-state index in [-0.39, 0.29) is 5.54 Å². The summed E-state index contributed by atoms with van der Waals surface area (Å²) in [6, 6.07) is 6.31. The van der Waals surface area contributed by atoms with Crippen molar-refractivity contribution in [2.45, 2.75) is 39.2 Å². The molecule has 16 heavy (non-hydrogen) atoms. The van der Waals surface area contributed by atoms with Gasteiger partial charge in [-0.2, -0.15) is 0 Å². The van der Waals surface area contributed by atoms with Crippen LogP contribution in [0.25, 0.3) is 0 Å². The third-order valence-electron chi connectivity index (χ3n) is 4.08. The second kappa shape index (κ2) is 4.00. The van der Waals surface area contributed by atoms with E-state index in [0.717, 1.165) is 18.6 Å². The zero-order valence-electron chi connectivity index (χ0n) is 10.6. The Morgan fingerprint density at radius 1 is 1.50 bits per heavy atom. The van der Waals surface area contributed by atoms with Crippen LogP contribution in [0.15, 0.2) is 18.2 Å². The first kappa shape index (κ1) is 11.3. The lowest BCUT2D eigenvalue weighted by Gasteiger charge is -2.42. The molecule has 0 saturated carbocycles. The van der Waals surface area contributed by atoms with E-state index in [4.69, 9.17) is 4.74 Å². The normalized spacial score (nSPS) is 28.1. The molecule has 1 N–H and O–H groups in total. The van der Waals surface area contributed by atoms with E-state index in [9.17, 15) is 0 Å². The number of rotatable bonds is 2. The van der Waals surface area contributed by atoms with E-state index in [0.29, 0.717) is 5.92 Å². The highest BCUT2D eigenvalue weighted by Gasteiger charge is 2.33. The fourth-order valence-electron chi connectivity index (χ4n) is 2.41. The smallest absolute Gasteiger partial charge is 0.119 e. The first-order valence-corrected chi connectivity index (χ1v) is 6.04. The Bertz CT molecular complexity index is 388. The molecule has 0 saturated heterocycles. The van der Waals surface area contributed by atoms with Crippen LogP contribution in [0.5, 0.6) is 5.75 Å². The number of methoxy groups -OCH3 is 1. The second-order valence-electron chi connectivity index (χ2n) is 5.02. The Hall–Kier alpha value is -1.18. The van der Waals surface area contributed by atoms with Gasteiger partial charge in [-0.3, -0.25) is 0 Å². The van der Waals surface area contributed by atoms with Gasteiger partial charge in [0.25, 0.3) is 0 Å². The minimum absolute atomic E-state index is 0.224. The standard InChI is InChI=1S/C14H21NO/c1-5-14(3)10(2)8-11-9-12(16-4)6-7-13(11)15-14/h6-7,9-10,15H,5,8H2,1-4H3. The lowest BCUT2D eigenvalue weighted by atomic mass is 9.77. The number of hydrogen-bond donors (Lipinski definition) is 1. The summed E-state index contributed by atoms with van der Waals surface area (Å²) in [4.78, 5) is 0. The third-order valence-corrected chi connectivity index (χ3v) is 4.08. The van der Waals surface area contributed by atoms with E-state index in [1.165, 1.54) is 11.3 Å². The fourth-order valence-corrected chi connectivity index (χ4v) is 2.41. The van der Waals surface area contributed by atoms with Crippen molar-refractivity contribution in [2.75, 3.05) is 12.4 Å². The molecule has 88 valence electrons. The maximum Gasteiger partial charge on any atom is 0.119 e. The van der Waals surface area contributed by atoms with Crippen LogP contribution < -0.4 is 10.1 Å². The SMILES string of the molecule is CCC1(C)Nc2ccc(OC)cc2CC1C. The van der Waals surface area contributed by atoms with Gasteiger partial charge in [0.05, 0.1) is 7.11 Å². The van der Waals surface area contributed by atoms with Crippen LogP contribution in [-0.2, 0) is 6.42 Å². The molecule has 1 heterocycles. The highest BCUT2D eigenvalue weighted by atomic mass is 16.5. The van der Waals surface area contributed by atoms with Gasteiger partial charge in [0.1, 0.15) is 5.75 Å². The Labute approximate surface area is 98.0 Å². The number of ether oxygens (including phenoxy) is 1. The number of nitrogens with one attached hydrogen (secondary N) is 1. The molecular weight excluding hydrogens is 198 g/mol. The van der Waals surface area contributed by atoms with Crippen LogP contribution in [0.1, 0.15) is 32.8 Å². The van der Waals surface area contributed by atoms with Crippen LogP contribution in [0, 0.1) is 5.92 Å². The zero-order valence-corrected chi connectivity index (χ0v) is 10.6. The second-order valence-corrected chi connectivity index (χ2v) is 5.02. The molecule has 2 atom stereocenters. The predicted molar refractivity (Wildman–Crippen MR) is 68.2 cm³/mol. The van der Waals surface area contributed by atoms with Gasteiger partial charge < -0.3 is 10.1 Å². The van der Waals surface area contributed by atoms with Gasteiger partial charge in [-0.15, -0.1) is 0 Å². The van der Waals surface area contributed by atoms with Gasteiger partial charge in [-0.25, -0.2) is 0 Å². The topological polar surface area (TPSA) is 21.3 Å². The summed E-state index contributed by atoms with van der Waals surface area (Å²) in [6.45, 7) is 6.88. The van der Waals surface area contributed by atoms with Gasteiger partial charge in [0.2, 0.25) is 0 Å². The lowest BCUT2D eigenvalue weighted by molar-refractivity contribution is 0.322. The molecule has 1 aromatic carbocycles. The van der Waals surface area contributed by atoms with Crippen molar-refractivity contribution >= 4 is 5.69 Å². The average Bonchev–Trinajstić information content (AvgIpc) is 2.30. The highest BCUT2D eigenvalue weighted by Crippen LogP contribution is 2.37. The van der Waals surface area contributed by atoms with E-state index in [1.54, 1.807) is 7.11 Å². The van der Waals surface area contributed by atoms with Gasteiger partial charge in [-0.05, 0) is 49.4 Å². The summed E-state index contributed by atoms with van der Waals surface area (Å²) in [5.41, 5.74) is 2.86. The van der Waals surface area contributed by atoms with E-state index >= 15 is 0 Å². The summed E-state index contributed by atoms with van der Waals surface area (Å²) in [6.07, 6.45) is 2.28. The monoisotopic (exact) mass is 219 g/mol. The summed E-state index contributed by atoms with van der Waals surface area (Å²) in [7, 11) is 1.72. The van der Waals surface area contributed by atoms with E-state index in [1.807, 2.05) is 6.07 Å². The van der Waals surface area contributed by atoms with Crippen LogP contribution in [0.2, 0.25) is 0 Å². The molecule has 2 heteroatoms. The van der Waals surface area contributed by atoms with Crippen LogP contribution in [0.4, 0.5) is 5.69 Å². The summed E-state index contributed by atoms with van der Waals surface area (Å²) < 4.78 is 5.27. The Balaban J connectivity index is 2.35. The maximum atomic E-state index is 5.27. The molecular formula is C14H21NO. The van der Waals surface area contributed by atoms with Crippen molar-refractivity contribution in [1.29, 1.82) is 0 Å². The predicted octanol–water partition coefficient (Wildman–Crippen LogP) is 3.47. The molecule has 1 aliphatic rings. The highest BCUT2D eigenvalue weighted by molar-refractivity contribution is 5.58. The average molecular weight is 219 g/mol. The summed E-state index contributed by atoms with van der Waals surface area (Å²) >= 11 is 0. The van der Waals surface area contributed by atoms with Crippen molar-refractivity contribution in [3.8, 4) is 5.75 Å². The Morgan fingerprint density at radius 2 is 2.25 bits per heavy atom. The van der Waals surface area contributed by atoms with E-state index < -0.39 is 0 Å². The molecule has 0 radical (unpaired) electrons. The number of fused-ring (bicyclic) bond motifs is 1. The minimum atomic E-state index is 0.224. The maximum absolute atomic E-state index is 5.27. The molecule has 2 nitrogen and oxygen atoms in total. The van der Waals surface area contributed by atoms with Gasteiger partial charge in [0, 0.05) is 11.2 Å². The minimum Gasteiger partial charge on any atom is -0.497 e.